The molecule has 1 rings (SSSR count). The average Bonchev–Trinajstić information content (AvgIpc) is 2.69. The van der Waals surface area contributed by atoms with Crippen molar-refractivity contribution in [2.45, 2.75) is 52.5 Å². The lowest BCUT2D eigenvalue weighted by Gasteiger charge is -2.10. The van der Waals surface area contributed by atoms with E-state index in [1.165, 1.54) is 32.2 Å². The van der Waals surface area contributed by atoms with Gasteiger partial charge >= 0.3 is 0 Å². The highest BCUT2D eigenvalue weighted by Gasteiger charge is 2.44. The molecule has 0 heterocycles. The van der Waals surface area contributed by atoms with Gasteiger partial charge < -0.3 is 11.1 Å². The summed E-state index contributed by atoms with van der Waals surface area (Å²) in [6, 6.07) is 0.785. The van der Waals surface area contributed by atoms with Crippen molar-refractivity contribution in [3.8, 4) is 0 Å². The first-order valence-corrected chi connectivity index (χ1v) is 5.99. The van der Waals surface area contributed by atoms with Gasteiger partial charge in [-0.3, -0.25) is 0 Å². The van der Waals surface area contributed by atoms with Crippen molar-refractivity contribution in [3.05, 3.63) is 0 Å². The molecule has 0 radical (unpaired) electrons. The second-order valence-electron chi connectivity index (χ2n) is 5.52. The van der Waals surface area contributed by atoms with E-state index in [-0.39, 0.29) is 0 Å². The van der Waals surface area contributed by atoms with Crippen LogP contribution in [0.2, 0.25) is 0 Å². The fraction of sp³-hybridized carbons (Fsp3) is 1.00. The van der Waals surface area contributed by atoms with Gasteiger partial charge in [-0.05, 0) is 50.1 Å². The first-order valence-electron chi connectivity index (χ1n) is 5.99. The van der Waals surface area contributed by atoms with E-state index in [0.29, 0.717) is 5.41 Å². The first-order chi connectivity index (χ1) is 6.56. The van der Waals surface area contributed by atoms with Crippen molar-refractivity contribution in [2.75, 3.05) is 13.1 Å². The molecule has 0 aromatic heterocycles. The van der Waals surface area contributed by atoms with E-state index in [0.717, 1.165) is 18.5 Å². The minimum Gasteiger partial charge on any atom is -0.330 e. The molecule has 2 atom stereocenters. The largest absolute Gasteiger partial charge is 0.330 e. The Morgan fingerprint density at radius 2 is 2.07 bits per heavy atom. The van der Waals surface area contributed by atoms with E-state index in [1.807, 2.05) is 0 Å². The summed E-state index contributed by atoms with van der Waals surface area (Å²) in [5, 5.41) is 3.61. The lowest BCUT2D eigenvalue weighted by atomic mass is 10.0. The second kappa shape index (κ2) is 5.13. The molecule has 2 unspecified atom stereocenters. The maximum Gasteiger partial charge on any atom is 0.0124 e. The van der Waals surface area contributed by atoms with E-state index in [1.54, 1.807) is 0 Å². The zero-order valence-electron chi connectivity index (χ0n) is 9.97. The summed E-state index contributed by atoms with van der Waals surface area (Å²) in [6.45, 7) is 8.99. The Morgan fingerprint density at radius 1 is 1.43 bits per heavy atom. The van der Waals surface area contributed by atoms with Crippen LogP contribution in [0.1, 0.15) is 46.5 Å². The molecular weight excluding hydrogens is 172 g/mol. The number of nitrogens with two attached hydrogens (primary N) is 1. The van der Waals surface area contributed by atoms with Crippen LogP contribution >= 0.6 is 0 Å². The van der Waals surface area contributed by atoms with Gasteiger partial charge in [0.25, 0.3) is 0 Å². The highest BCUT2D eigenvalue weighted by molar-refractivity contribution is 5.01. The standard InChI is InChI=1S/C12H26N2/c1-10(6-7-13)5-4-8-14-11-9-12(11,2)3/h10-11,14H,4-9,13H2,1-3H3. The van der Waals surface area contributed by atoms with Crippen LogP contribution in [0.5, 0.6) is 0 Å². The quantitative estimate of drug-likeness (QED) is 0.615. The summed E-state index contributed by atoms with van der Waals surface area (Å²) in [7, 11) is 0. The Kier molecular flexibility index (Phi) is 4.39. The van der Waals surface area contributed by atoms with Gasteiger partial charge in [0.2, 0.25) is 0 Å². The van der Waals surface area contributed by atoms with Crippen LogP contribution in [0.25, 0.3) is 0 Å². The second-order valence-corrected chi connectivity index (χ2v) is 5.52. The number of rotatable bonds is 7. The van der Waals surface area contributed by atoms with Crippen LogP contribution in [0.15, 0.2) is 0 Å². The Bertz CT molecular complexity index is 166. The van der Waals surface area contributed by atoms with E-state index < -0.39 is 0 Å². The Balaban J connectivity index is 1.90. The van der Waals surface area contributed by atoms with Crippen LogP contribution in [0, 0.1) is 11.3 Å². The van der Waals surface area contributed by atoms with E-state index in [4.69, 9.17) is 5.73 Å². The third-order valence-corrected chi connectivity index (χ3v) is 3.44. The molecule has 3 N–H and O–H groups in total. The smallest absolute Gasteiger partial charge is 0.0124 e. The van der Waals surface area contributed by atoms with Gasteiger partial charge in [-0.25, -0.2) is 0 Å². The molecule has 1 fully saturated rings. The first kappa shape index (κ1) is 12.0. The van der Waals surface area contributed by atoms with Crippen LogP contribution in [0.4, 0.5) is 0 Å². The van der Waals surface area contributed by atoms with E-state index >= 15 is 0 Å². The van der Waals surface area contributed by atoms with E-state index in [9.17, 15) is 0 Å². The SMILES string of the molecule is CC(CCN)CCCNC1CC1(C)C. The summed E-state index contributed by atoms with van der Waals surface area (Å²) in [5.74, 6) is 0.800. The molecule has 0 spiro atoms. The molecule has 1 aliphatic carbocycles. The third-order valence-electron chi connectivity index (χ3n) is 3.44. The van der Waals surface area contributed by atoms with Crippen molar-refractivity contribution in [3.63, 3.8) is 0 Å². The molecule has 1 aliphatic rings. The molecule has 1 saturated carbocycles. The minimum absolute atomic E-state index is 0.572. The highest BCUT2D eigenvalue weighted by Crippen LogP contribution is 2.44. The van der Waals surface area contributed by atoms with E-state index in [2.05, 4.69) is 26.1 Å². The number of hydrogen-bond donors (Lipinski definition) is 2. The summed E-state index contributed by atoms with van der Waals surface area (Å²) in [4.78, 5) is 0. The monoisotopic (exact) mass is 198 g/mol. The molecule has 0 aromatic rings. The highest BCUT2D eigenvalue weighted by atomic mass is 15.0. The van der Waals surface area contributed by atoms with Crippen LogP contribution < -0.4 is 11.1 Å². The molecule has 2 nitrogen and oxygen atoms in total. The predicted octanol–water partition coefficient (Wildman–Crippen LogP) is 2.14. The zero-order valence-corrected chi connectivity index (χ0v) is 9.97. The van der Waals surface area contributed by atoms with Crippen molar-refractivity contribution in [1.82, 2.24) is 5.32 Å². The minimum atomic E-state index is 0.572. The predicted molar refractivity (Wildman–Crippen MR) is 62.3 cm³/mol. The maximum absolute atomic E-state index is 5.51. The topological polar surface area (TPSA) is 38.0 Å². The van der Waals surface area contributed by atoms with Crippen molar-refractivity contribution in [1.29, 1.82) is 0 Å². The van der Waals surface area contributed by atoms with Crippen LogP contribution in [-0.4, -0.2) is 19.1 Å². The Labute approximate surface area is 88.6 Å². The Hall–Kier alpha value is -0.0800. The maximum atomic E-state index is 5.51. The van der Waals surface area contributed by atoms with Gasteiger partial charge in [-0.2, -0.15) is 0 Å². The molecule has 2 heteroatoms. The number of nitrogens with one attached hydrogen (secondary N) is 1. The summed E-state index contributed by atoms with van der Waals surface area (Å²) >= 11 is 0. The van der Waals surface area contributed by atoms with Gasteiger partial charge in [-0.15, -0.1) is 0 Å². The van der Waals surface area contributed by atoms with Crippen molar-refractivity contribution >= 4 is 0 Å². The molecule has 14 heavy (non-hydrogen) atoms. The fourth-order valence-corrected chi connectivity index (χ4v) is 1.97. The van der Waals surface area contributed by atoms with Gasteiger partial charge in [0.1, 0.15) is 0 Å². The molecule has 84 valence electrons. The summed E-state index contributed by atoms with van der Waals surface area (Å²) < 4.78 is 0. The van der Waals surface area contributed by atoms with Crippen LogP contribution in [-0.2, 0) is 0 Å². The van der Waals surface area contributed by atoms with Crippen molar-refractivity contribution < 1.29 is 0 Å². The van der Waals surface area contributed by atoms with Gasteiger partial charge in [0.15, 0.2) is 0 Å². The van der Waals surface area contributed by atoms with Gasteiger partial charge in [0, 0.05) is 6.04 Å². The number of hydrogen-bond acceptors (Lipinski definition) is 2. The normalized spacial score (nSPS) is 26.1. The fourth-order valence-electron chi connectivity index (χ4n) is 1.97. The molecule has 0 amide bonds. The summed E-state index contributed by atoms with van der Waals surface area (Å²) in [6.07, 6.45) is 5.14. The molecule has 0 bridgehead atoms. The van der Waals surface area contributed by atoms with Crippen LogP contribution in [0.3, 0.4) is 0 Å². The Morgan fingerprint density at radius 3 is 2.57 bits per heavy atom. The lowest BCUT2D eigenvalue weighted by Crippen LogP contribution is -2.22. The third kappa shape index (κ3) is 3.97. The lowest BCUT2D eigenvalue weighted by molar-refractivity contribution is 0.457. The molecule has 0 aliphatic heterocycles. The van der Waals surface area contributed by atoms with Crippen molar-refractivity contribution in [2.24, 2.45) is 17.1 Å². The summed E-state index contributed by atoms with van der Waals surface area (Å²) in [5.41, 5.74) is 6.08. The molecule has 0 aromatic carbocycles. The average molecular weight is 198 g/mol. The molecule has 0 saturated heterocycles. The van der Waals surface area contributed by atoms with Gasteiger partial charge in [-0.1, -0.05) is 20.8 Å². The molecular formula is C12H26N2. The van der Waals surface area contributed by atoms with Gasteiger partial charge in [0.05, 0.1) is 0 Å². The zero-order chi connectivity index (χ0) is 10.6.